The Morgan fingerprint density at radius 1 is 0.586 bits per heavy atom. The van der Waals surface area contributed by atoms with E-state index in [9.17, 15) is 9.59 Å². The highest BCUT2D eigenvalue weighted by Crippen LogP contribution is 2.27. The van der Waals surface area contributed by atoms with E-state index in [1.165, 1.54) is 24.3 Å². The van der Waals surface area contributed by atoms with Gasteiger partial charge in [0.05, 0.1) is 17.5 Å². The van der Waals surface area contributed by atoms with Gasteiger partial charge in [0.25, 0.3) is 0 Å². The van der Waals surface area contributed by atoms with E-state index < -0.39 is 11.9 Å². The molecule has 2 N–H and O–H groups in total. The highest BCUT2D eigenvalue weighted by atomic mass is 16.4. The number of carboxylic acid groups (broad SMARTS) is 2. The number of hydrogen-bond acceptors (Lipinski definition) is 4. The van der Waals surface area contributed by atoms with Crippen molar-refractivity contribution in [1.82, 2.24) is 0 Å². The van der Waals surface area contributed by atoms with Crippen LogP contribution in [0.4, 0.5) is 0 Å². The third-order valence-corrected chi connectivity index (χ3v) is 4.50. The zero-order chi connectivity index (χ0) is 20.4. The minimum absolute atomic E-state index is 0.222. The number of carbonyl (C=O) groups is 2. The summed E-state index contributed by atoms with van der Waals surface area (Å²) in [6.07, 6.45) is 0.459. The largest absolute Gasteiger partial charge is 0.478 e. The number of aromatic carboxylic acids is 2. The molecule has 2 aromatic carbocycles. The van der Waals surface area contributed by atoms with Crippen LogP contribution >= 0.6 is 0 Å². The van der Waals surface area contributed by atoms with Crippen LogP contribution in [0.15, 0.2) is 81.6 Å². The summed E-state index contributed by atoms with van der Waals surface area (Å²) in [6.45, 7) is 0. The Bertz CT molecular complexity index is 1070. The quantitative estimate of drug-likeness (QED) is 0.471. The Morgan fingerprint density at radius 3 is 1.31 bits per heavy atom. The predicted octanol–water partition coefficient (Wildman–Crippen LogP) is 5.19. The van der Waals surface area contributed by atoms with Crippen molar-refractivity contribution < 1.29 is 28.6 Å². The zero-order valence-electron chi connectivity index (χ0n) is 15.2. The minimum atomic E-state index is -0.970. The van der Waals surface area contributed by atoms with Crippen molar-refractivity contribution >= 4 is 11.9 Å². The second kappa shape index (κ2) is 7.52. The van der Waals surface area contributed by atoms with E-state index in [1.807, 2.05) is 24.3 Å². The predicted molar refractivity (Wildman–Crippen MR) is 105 cm³/mol. The topological polar surface area (TPSA) is 101 Å². The molecule has 0 aliphatic heterocycles. The van der Waals surface area contributed by atoms with Crippen molar-refractivity contribution in [3.8, 4) is 22.6 Å². The fraction of sp³-hybridized carbons (Fsp3) is 0.0435. The van der Waals surface area contributed by atoms with Gasteiger partial charge in [0.15, 0.2) is 0 Å². The molecule has 2 aromatic heterocycles. The maximum Gasteiger partial charge on any atom is 0.335 e. The van der Waals surface area contributed by atoms with E-state index in [-0.39, 0.29) is 11.1 Å². The second-order valence-electron chi connectivity index (χ2n) is 6.47. The van der Waals surface area contributed by atoms with Crippen LogP contribution in [0.25, 0.3) is 22.6 Å². The molecule has 0 spiro atoms. The molecule has 6 heteroatoms. The standard InChI is InChI=1S/C23H16O6/c24-22(25)16-5-1-14(2-6-16)20-11-9-18(28-20)13-19-10-12-21(29-19)15-3-7-17(8-4-15)23(26)27/h1-12H,13H2,(H,24,25)(H,26,27). The number of rotatable bonds is 6. The van der Waals surface area contributed by atoms with E-state index in [4.69, 9.17) is 19.0 Å². The highest BCUT2D eigenvalue weighted by Gasteiger charge is 2.11. The SMILES string of the molecule is O=C(O)c1ccc(-c2ccc(Cc3ccc(-c4ccc(C(=O)O)cc4)o3)o2)cc1. The zero-order valence-corrected chi connectivity index (χ0v) is 15.2. The molecule has 0 aliphatic rings. The number of furan rings is 2. The first kappa shape index (κ1) is 18.3. The molecule has 2 heterocycles. The normalized spacial score (nSPS) is 10.8. The van der Waals surface area contributed by atoms with Crippen molar-refractivity contribution in [3.63, 3.8) is 0 Å². The van der Waals surface area contributed by atoms with Crippen molar-refractivity contribution in [1.29, 1.82) is 0 Å². The van der Waals surface area contributed by atoms with Crippen LogP contribution in [0.5, 0.6) is 0 Å². The van der Waals surface area contributed by atoms with Gasteiger partial charge in [-0.05, 0) is 48.5 Å². The lowest BCUT2D eigenvalue weighted by molar-refractivity contribution is 0.0686. The fourth-order valence-corrected chi connectivity index (χ4v) is 2.98. The van der Waals surface area contributed by atoms with Gasteiger partial charge in [0.2, 0.25) is 0 Å². The Kier molecular flexibility index (Phi) is 4.75. The average molecular weight is 388 g/mol. The summed E-state index contributed by atoms with van der Waals surface area (Å²) in [5.41, 5.74) is 2.03. The molecule has 0 fully saturated rings. The van der Waals surface area contributed by atoms with E-state index in [0.717, 1.165) is 11.1 Å². The molecule has 0 amide bonds. The third kappa shape index (κ3) is 3.96. The van der Waals surface area contributed by atoms with Gasteiger partial charge in [0.1, 0.15) is 23.0 Å². The smallest absolute Gasteiger partial charge is 0.335 e. The first-order chi connectivity index (χ1) is 14.0. The molecular weight excluding hydrogens is 372 g/mol. The summed E-state index contributed by atoms with van der Waals surface area (Å²) in [7, 11) is 0. The van der Waals surface area contributed by atoms with Crippen LogP contribution in [0.1, 0.15) is 32.2 Å². The molecule has 144 valence electrons. The Labute approximate surface area is 165 Å². The van der Waals surface area contributed by atoms with Gasteiger partial charge in [-0.3, -0.25) is 0 Å². The molecule has 0 saturated heterocycles. The van der Waals surface area contributed by atoms with E-state index in [2.05, 4.69) is 0 Å². The molecule has 29 heavy (non-hydrogen) atoms. The summed E-state index contributed by atoms with van der Waals surface area (Å²) in [5, 5.41) is 18.0. The molecule has 4 aromatic rings. The summed E-state index contributed by atoms with van der Waals surface area (Å²) < 4.78 is 11.7. The maximum atomic E-state index is 10.9. The lowest BCUT2D eigenvalue weighted by atomic mass is 10.1. The van der Waals surface area contributed by atoms with Gasteiger partial charge < -0.3 is 19.0 Å². The van der Waals surface area contributed by atoms with Gasteiger partial charge in [0, 0.05) is 11.1 Å². The first-order valence-corrected chi connectivity index (χ1v) is 8.84. The molecule has 6 nitrogen and oxygen atoms in total. The van der Waals surface area contributed by atoms with Gasteiger partial charge in [-0.25, -0.2) is 9.59 Å². The Hall–Kier alpha value is -4.06. The third-order valence-electron chi connectivity index (χ3n) is 4.50. The summed E-state index contributed by atoms with van der Waals surface area (Å²) in [5.74, 6) is 0.778. The fourth-order valence-electron chi connectivity index (χ4n) is 2.98. The summed E-state index contributed by atoms with van der Waals surface area (Å²) >= 11 is 0. The number of hydrogen-bond donors (Lipinski definition) is 2. The van der Waals surface area contributed by atoms with Crippen LogP contribution in [0.3, 0.4) is 0 Å². The molecule has 4 rings (SSSR count). The lowest BCUT2D eigenvalue weighted by Crippen LogP contribution is -1.94. The van der Waals surface area contributed by atoms with Crippen LogP contribution in [-0.2, 0) is 6.42 Å². The molecule has 0 saturated carbocycles. The number of carboxylic acids is 2. The van der Waals surface area contributed by atoms with Crippen molar-refractivity contribution in [2.24, 2.45) is 0 Å². The molecule has 0 atom stereocenters. The molecule has 0 bridgehead atoms. The first-order valence-electron chi connectivity index (χ1n) is 8.84. The van der Waals surface area contributed by atoms with Gasteiger partial charge in [-0.1, -0.05) is 24.3 Å². The molecule has 0 radical (unpaired) electrons. The van der Waals surface area contributed by atoms with Gasteiger partial charge in [-0.2, -0.15) is 0 Å². The van der Waals surface area contributed by atoms with E-state index >= 15 is 0 Å². The highest BCUT2D eigenvalue weighted by molar-refractivity contribution is 5.88. The number of benzene rings is 2. The van der Waals surface area contributed by atoms with Gasteiger partial charge >= 0.3 is 11.9 Å². The lowest BCUT2D eigenvalue weighted by Gasteiger charge is -2.00. The van der Waals surface area contributed by atoms with Crippen LogP contribution in [0, 0.1) is 0 Å². The average Bonchev–Trinajstić information content (AvgIpc) is 3.38. The van der Waals surface area contributed by atoms with Crippen LogP contribution in [-0.4, -0.2) is 22.2 Å². The molecular formula is C23H16O6. The van der Waals surface area contributed by atoms with Crippen molar-refractivity contribution in [3.05, 3.63) is 95.4 Å². The van der Waals surface area contributed by atoms with Gasteiger partial charge in [-0.15, -0.1) is 0 Å². The van der Waals surface area contributed by atoms with Crippen LogP contribution in [0.2, 0.25) is 0 Å². The molecule has 0 unspecified atom stereocenters. The molecule has 0 aliphatic carbocycles. The summed E-state index contributed by atoms with van der Waals surface area (Å²) in [6, 6.07) is 20.3. The van der Waals surface area contributed by atoms with E-state index in [0.29, 0.717) is 29.5 Å². The minimum Gasteiger partial charge on any atom is -0.478 e. The Morgan fingerprint density at radius 2 is 0.966 bits per heavy atom. The maximum absolute atomic E-state index is 10.9. The van der Waals surface area contributed by atoms with Crippen LogP contribution < -0.4 is 0 Å². The second-order valence-corrected chi connectivity index (χ2v) is 6.47. The Balaban J connectivity index is 1.48. The van der Waals surface area contributed by atoms with Crippen molar-refractivity contribution in [2.75, 3.05) is 0 Å². The van der Waals surface area contributed by atoms with Crippen molar-refractivity contribution in [2.45, 2.75) is 6.42 Å². The van der Waals surface area contributed by atoms with E-state index in [1.54, 1.807) is 24.3 Å². The summed E-state index contributed by atoms with van der Waals surface area (Å²) in [4.78, 5) is 21.9. The monoisotopic (exact) mass is 388 g/mol.